The Morgan fingerprint density at radius 1 is 1.15 bits per heavy atom. The van der Waals surface area contributed by atoms with Gasteiger partial charge in [-0.25, -0.2) is 4.39 Å². The van der Waals surface area contributed by atoms with E-state index in [2.05, 4.69) is 15.5 Å². The summed E-state index contributed by atoms with van der Waals surface area (Å²) in [6.45, 7) is 0.393. The zero-order chi connectivity index (χ0) is 18.4. The topological polar surface area (TPSA) is 68.0 Å². The van der Waals surface area contributed by atoms with Gasteiger partial charge in [0.2, 0.25) is 17.6 Å². The Balaban J connectivity index is 1.43. The van der Waals surface area contributed by atoms with Gasteiger partial charge in [-0.3, -0.25) is 4.79 Å². The molecule has 0 saturated carbocycles. The fourth-order valence-corrected chi connectivity index (χ4v) is 2.55. The molecule has 7 heteroatoms. The number of rotatable bonds is 7. The molecule has 3 rings (SSSR count). The standard InChI is InChI=1S/C19H17ClFN3O2/c20-15-7-5-14(6-8-15)19-23-18(26-24-19)10-11-22-17(25)9-4-13-2-1-3-16(21)12-13/h1-3,5-8,12H,4,9-11H2,(H,22,25). The summed E-state index contributed by atoms with van der Waals surface area (Å²) in [4.78, 5) is 16.2. The van der Waals surface area contributed by atoms with Crippen LogP contribution in [0.15, 0.2) is 53.1 Å². The van der Waals surface area contributed by atoms with Crippen molar-refractivity contribution in [2.75, 3.05) is 6.54 Å². The first-order valence-corrected chi connectivity index (χ1v) is 8.57. The van der Waals surface area contributed by atoms with Crippen LogP contribution in [0.25, 0.3) is 11.4 Å². The third kappa shape index (κ3) is 5.13. The highest BCUT2D eigenvalue weighted by atomic mass is 35.5. The maximum absolute atomic E-state index is 13.1. The first-order valence-electron chi connectivity index (χ1n) is 8.20. The number of nitrogens with one attached hydrogen (secondary N) is 1. The number of benzene rings is 2. The molecule has 1 heterocycles. The second kappa shape index (κ2) is 8.58. The van der Waals surface area contributed by atoms with Crippen LogP contribution in [0.5, 0.6) is 0 Å². The predicted molar refractivity (Wildman–Crippen MR) is 96.2 cm³/mol. The number of nitrogens with zero attached hydrogens (tertiary/aromatic N) is 2. The fourth-order valence-electron chi connectivity index (χ4n) is 2.42. The molecule has 0 atom stereocenters. The molecule has 1 amide bonds. The zero-order valence-electron chi connectivity index (χ0n) is 13.9. The molecule has 0 aliphatic carbocycles. The number of carbonyl (C=O) groups excluding carboxylic acids is 1. The molecule has 0 saturated heterocycles. The van der Waals surface area contributed by atoms with Gasteiger partial charge in [0, 0.05) is 30.0 Å². The van der Waals surface area contributed by atoms with Crippen LogP contribution < -0.4 is 5.32 Å². The molecule has 0 aliphatic rings. The number of hydrogen-bond acceptors (Lipinski definition) is 4. The van der Waals surface area contributed by atoms with Gasteiger partial charge in [-0.2, -0.15) is 4.98 Å². The van der Waals surface area contributed by atoms with E-state index < -0.39 is 0 Å². The molecule has 2 aromatic carbocycles. The summed E-state index contributed by atoms with van der Waals surface area (Å²) in [6.07, 6.45) is 1.22. The monoisotopic (exact) mass is 373 g/mol. The average Bonchev–Trinajstić information content (AvgIpc) is 3.09. The number of halogens is 2. The SMILES string of the molecule is O=C(CCc1cccc(F)c1)NCCc1nc(-c2ccc(Cl)cc2)no1. The quantitative estimate of drug-likeness (QED) is 0.683. The highest BCUT2D eigenvalue weighted by molar-refractivity contribution is 6.30. The Kier molecular flexibility index (Phi) is 5.96. The summed E-state index contributed by atoms with van der Waals surface area (Å²) in [6, 6.07) is 13.4. The minimum atomic E-state index is -0.296. The summed E-state index contributed by atoms with van der Waals surface area (Å²) in [5.41, 5.74) is 1.60. The van der Waals surface area contributed by atoms with Crippen LogP contribution in [0.4, 0.5) is 4.39 Å². The van der Waals surface area contributed by atoms with Crippen molar-refractivity contribution in [2.45, 2.75) is 19.3 Å². The molecule has 0 aliphatic heterocycles. The van der Waals surface area contributed by atoms with Gasteiger partial charge in [0.1, 0.15) is 5.82 Å². The molecule has 134 valence electrons. The molecule has 3 aromatic rings. The maximum atomic E-state index is 13.1. The second-order valence-electron chi connectivity index (χ2n) is 5.75. The van der Waals surface area contributed by atoms with Gasteiger partial charge in [0.15, 0.2) is 0 Å². The number of hydrogen-bond donors (Lipinski definition) is 1. The molecule has 0 fully saturated rings. The molecule has 26 heavy (non-hydrogen) atoms. The lowest BCUT2D eigenvalue weighted by molar-refractivity contribution is -0.121. The van der Waals surface area contributed by atoms with Crippen LogP contribution in [0.3, 0.4) is 0 Å². The van der Waals surface area contributed by atoms with Crippen LogP contribution in [-0.2, 0) is 17.6 Å². The van der Waals surface area contributed by atoms with Gasteiger partial charge in [-0.15, -0.1) is 0 Å². The molecule has 0 unspecified atom stereocenters. The van der Waals surface area contributed by atoms with E-state index in [4.69, 9.17) is 16.1 Å². The molecule has 1 N–H and O–H groups in total. The molecule has 5 nitrogen and oxygen atoms in total. The van der Waals surface area contributed by atoms with Gasteiger partial charge >= 0.3 is 0 Å². The van der Waals surface area contributed by atoms with E-state index in [1.807, 2.05) is 12.1 Å². The van der Waals surface area contributed by atoms with Gasteiger partial charge in [-0.05, 0) is 48.4 Å². The van der Waals surface area contributed by atoms with E-state index >= 15 is 0 Å². The summed E-state index contributed by atoms with van der Waals surface area (Å²) in [7, 11) is 0. The Labute approximate surface area is 155 Å². The van der Waals surface area contributed by atoms with Crippen LogP contribution in [0, 0.1) is 5.82 Å². The molecule has 1 aromatic heterocycles. The lowest BCUT2D eigenvalue weighted by atomic mass is 10.1. The normalized spacial score (nSPS) is 10.7. The van der Waals surface area contributed by atoms with E-state index in [0.717, 1.165) is 11.1 Å². The van der Waals surface area contributed by atoms with E-state index in [1.54, 1.807) is 24.3 Å². The molecule has 0 bridgehead atoms. The molecule has 0 radical (unpaired) electrons. The van der Waals surface area contributed by atoms with Crippen molar-refractivity contribution in [1.29, 1.82) is 0 Å². The van der Waals surface area contributed by atoms with E-state index in [1.165, 1.54) is 12.1 Å². The molecular formula is C19H17ClFN3O2. The predicted octanol–water partition coefficient (Wildman–Crippen LogP) is 3.82. The van der Waals surface area contributed by atoms with Gasteiger partial charge in [0.25, 0.3) is 0 Å². The van der Waals surface area contributed by atoms with Crippen LogP contribution >= 0.6 is 11.6 Å². The van der Waals surface area contributed by atoms with Crippen LogP contribution in [-0.4, -0.2) is 22.6 Å². The van der Waals surface area contributed by atoms with E-state index in [9.17, 15) is 9.18 Å². The van der Waals surface area contributed by atoms with E-state index in [0.29, 0.717) is 42.5 Å². The van der Waals surface area contributed by atoms with Gasteiger partial charge in [-0.1, -0.05) is 28.9 Å². The van der Waals surface area contributed by atoms with Crippen molar-refractivity contribution in [3.8, 4) is 11.4 Å². The Bertz CT molecular complexity index is 881. The fraction of sp³-hybridized carbons (Fsp3) is 0.211. The van der Waals surface area contributed by atoms with Crippen LogP contribution in [0.1, 0.15) is 17.9 Å². The van der Waals surface area contributed by atoms with Crippen molar-refractivity contribution < 1.29 is 13.7 Å². The first kappa shape index (κ1) is 18.1. The summed E-state index contributed by atoms with van der Waals surface area (Å²) < 4.78 is 18.3. The Morgan fingerprint density at radius 3 is 2.73 bits per heavy atom. The summed E-state index contributed by atoms with van der Waals surface area (Å²) in [5, 5.41) is 7.35. The highest BCUT2D eigenvalue weighted by Crippen LogP contribution is 2.18. The lowest BCUT2D eigenvalue weighted by Gasteiger charge is -2.04. The average molecular weight is 374 g/mol. The Hall–Kier alpha value is -2.73. The van der Waals surface area contributed by atoms with E-state index in [-0.39, 0.29) is 11.7 Å². The van der Waals surface area contributed by atoms with Gasteiger partial charge in [0.05, 0.1) is 0 Å². The smallest absolute Gasteiger partial charge is 0.228 e. The molecular weight excluding hydrogens is 357 g/mol. The number of aryl methyl sites for hydroxylation is 1. The van der Waals surface area contributed by atoms with Crippen molar-refractivity contribution in [3.05, 3.63) is 70.8 Å². The third-order valence-corrected chi connectivity index (χ3v) is 4.01. The second-order valence-corrected chi connectivity index (χ2v) is 6.18. The van der Waals surface area contributed by atoms with Crippen molar-refractivity contribution in [3.63, 3.8) is 0 Å². The minimum absolute atomic E-state index is 0.105. The third-order valence-electron chi connectivity index (χ3n) is 3.76. The van der Waals surface area contributed by atoms with Crippen molar-refractivity contribution in [1.82, 2.24) is 15.5 Å². The van der Waals surface area contributed by atoms with Crippen molar-refractivity contribution in [2.24, 2.45) is 0 Å². The maximum Gasteiger partial charge on any atom is 0.228 e. The first-order chi connectivity index (χ1) is 12.6. The van der Waals surface area contributed by atoms with Crippen molar-refractivity contribution >= 4 is 17.5 Å². The number of carbonyl (C=O) groups is 1. The number of aromatic nitrogens is 2. The van der Waals surface area contributed by atoms with Gasteiger partial charge < -0.3 is 9.84 Å². The minimum Gasteiger partial charge on any atom is -0.356 e. The largest absolute Gasteiger partial charge is 0.356 e. The molecule has 0 spiro atoms. The summed E-state index contributed by atoms with van der Waals surface area (Å²) >= 11 is 5.85. The zero-order valence-corrected chi connectivity index (χ0v) is 14.7. The Morgan fingerprint density at radius 2 is 1.96 bits per heavy atom. The highest BCUT2D eigenvalue weighted by Gasteiger charge is 2.09. The lowest BCUT2D eigenvalue weighted by Crippen LogP contribution is -2.25. The van der Waals surface area contributed by atoms with Crippen LogP contribution in [0.2, 0.25) is 5.02 Å². The number of amides is 1. The summed E-state index contributed by atoms with van der Waals surface area (Å²) in [5.74, 6) is 0.525.